The number of hydrogen-bond acceptors (Lipinski definition) is 3. The number of rotatable bonds is 5. The van der Waals surface area contributed by atoms with Gasteiger partial charge >= 0.3 is 11.4 Å². The highest BCUT2D eigenvalue weighted by atomic mass is 32.2. The molecule has 0 N–H and O–H groups in total. The van der Waals surface area contributed by atoms with E-state index in [9.17, 15) is 4.21 Å². The summed E-state index contributed by atoms with van der Waals surface area (Å²) in [4.78, 5) is 0. The predicted molar refractivity (Wildman–Crippen MR) is 36.0 cm³/mol. The van der Waals surface area contributed by atoms with Crippen LogP contribution < -0.4 is 0 Å². The molecule has 0 heterocycles. The van der Waals surface area contributed by atoms with Gasteiger partial charge in [-0.1, -0.05) is 6.92 Å². The van der Waals surface area contributed by atoms with E-state index in [0.717, 1.165) is 6.42 Å². The van der Waals surface area contributed by atoms with Crippen LogP contribution in [0.5, 0.6) is 0 Å². The van der Waals surface area contributed by atoms with Crippen LogP contribution in [0.1, 0.15) is 20.3 Å². The van der Waals surface area contributed by atoms with Crippen molar-refractivity contribution in [3.8, 4) is 0 Å². The van der Waals surface area contributed by atoms with Gasteiger partial charge in [0.05, 0.1) is 13.2 Å². The van der Waals surface area contributed by atoms with Gasteiger partial charge in [-0.25, -0.2) is 0 Å². The van der Waals surface area contributed by atoms with E-state index in [1.54, 1.807) is 6.92 Å². The highest BCUT2D eigenvalue weighted by molar-refractivity contribution is 7.75. The first-order valence-corrected chi connectivity index (χ1v) is 3.99. The lowest BCUT2D eigenvalue weighted by Crippen LogP contribution is -2.01. The Morgan fingerprint density at radius 3 is 2.44 bits per heavy atom. The van der Waals surface area contributed by atoms with Crippen molar-refractivity contribution in [2.24, 2.45) is 0 Å². The topological polar surface area (TPSA) is 35.5 Å². The SMILES string of the molecule is CCCOS(=O)OCC. The molecule has 0 rings (SSSR count). The van der Waals surface area contributed by atoms with Crippen molar-refractivity contribution < 1.29 is 12.6 Å². The second kappa shape index (κ2) is 6.19. The zero-order chi connectivity index (χ0) is 7.11. The third-order valence-corrected chi connectivity index (χ3v) is 1.39. The average Bonchev–Trinajstić information content (AvgIpc) is 1.85. The summed E-state index contributed by atoms with van der Waals surface area (Å²) in [6, 6.07) is 0. The molecule has 0 aliphatic carbocycles. The molecule has 0 fully saturated rings. The van der Waals surface area contributed by atoms with Crippen LogP contribution in [0, 0.1) is 0 Å². The van der Waals surface area contributed by atoms with Crippen LogP contribution in [-0.2, 0) is 19.7 Å². The lowest BCUT2D eigenvalue weighted by atomic mass is 10.5. The Kier molecular flexibility index (Phi) is 6.24. The fourth-order valence-corrected chi connectivity index (χ4v) is 0.845. The molecule has 1 atom stereocenters. The third kappa shape index (κ3) is 5.95. The van der Waals surface area contributed by atoms with Crippen LogP contribution in [0.2, 0.25) is 0 Å². The van der Waals surface area contributed by atoms with E-state index in [0.29, 0.717) is 13.2 Å². The summed E-state index contributed by atoms with van der Waals surface area (Å²) in [5.74, 6) is 0. The van der Waals surface area contributed by atoms with Crippen molar-refractivity contribution in [2.45, 2.75) is 20.3 Å². The van der Waals surface area contributed by atoms with Gasteiger partial charge in [-0.2, -0.15) is 4.21 Å². The first-order valence-electron chi connectivity index (χ1n) is 2.99. The first kappa shape index (κ1) is 9.07. The van der Waals surface area contributed by atoms with E-state index in [4.69, 9.17) is 0 Å². The Labute approximate surface area is 58.2 Å². The van der Waals surface area contributed by atoms with Gasteiger partial charge in [0.25, 0.3) is 0 Å². The average molecular weight is 152 g/mol. The predicted octanol–water partition coefficient (Wildman–Crippen LogP) is 1.03. The minimum atomic E-state index is -1.52. The van der Waals surface area contributed by atoms with Gasteiger partial charge in [0.15, 0.2) is 0 Å². The summed E-state index contributed by atoms with van der Waals surface area (Å²) in [5, 5.41) is 0. The molecule has 1 unspecified atom stereocenters. The van der Waals surface area contributed by atoms with Crippen molar-refractivity contribution >= 4 is 11.4 Å². The molecule has 3 nitrogen and oxygen atoms in total. The maximum absolute atomic E-state index is 10.5. The highest BCUT2D eigenvalue weighted by Crippen LogP contribution is 1.89. The molecule has 0 spiro atoms. The standard InChI is InChI=1S/C5H12O3S/c1-3-5-8-9(6)7-4-2/h3-5H2,1-2H3. The molecule has 0 amide bonds. The quantitative estimate of drug-likeness (QED) is 0.590. The lowest BCUT2D eigenvalue weighted by molar-refractivity contribution is 0.259. The minimum Gasteiger partial charge on any atom is -0.269 e. The van der Waals surface area contributed by atoms with Crippen LogP contribution in [0.25, 0.3) is 0 Å². The number of hydrogen-bond donors (Lipinski definition) is 0. The maximum Gasteiger partial charge on any atom is 0.304 e. The van der Waals surface area contributed by atoms with E-state index < -0.39 is 11.4 Å². The molecule has 0 bridgehead atoms. The molecule has 0 aromatic rings. The fraction of sp³-hybridized carbons (Fsp3) is 1.00. The lowest BCUT2D eigenvalue weighted by Gasteiger charge is -1.97. The molecular weight excluding hydrogens is 140 g/mol. The normalized spacial score (nSPS) is 13.6. The zero-order valence-electron chi connectivity index (χ0n) is 5.75. The first-order chi connectivity index (χ1) is 4.31. The van der Waals surface area contributed by atoms with Gasteiger partial charge in [0.1, 0.15) is 0 Å². The van der Waals surface area contributed by atoms with Gasteiger partial charge in [0, 0.05) is 0 Å². The summed E-state index contributed by atoms with van der Waals surface area (Å²) < 4.78 is 19.7. The second-order valence-corrected chi connectivity index (χ2v) is 2.31. The molecule has 0 radical (unpaired) electrons. The molecule has 0 aromatic heterocycles. The molecular formula is C5H12O3S. The smallest absolute Gasteiger partial charge is 0.269 e. The molecule has 0 saturated heterocycles. The van der Waals surface area contributed by atoms with Crippen molar-refractivity contribution in [3.63, 3.8) is 0 Å². The van der Waals surface area contributed by atoms with Gasteiger partial charge in [0.2, 0.25) is 0 Å². The van der Waals surface area contributed by atoms with Crippen molar-refractivity contribution in [2.75, 3.05) is 13.2 Å². The Morgan fingerprint density at radius 2 is 2.00 bits per heavy atom. The summed E-state index contributed by atoms with van der Waals surface area (Å²) in [6.45, 7) is 4.64. The second-order valence-electron chi connectivity index (χ2n) is 1.43. The zero-order valence-corrected chi connectivity index (χ0v) is 6.57. The van der Waals surface area contributed by atoms with Gasteiger partial charge in [-0.05, 0) is 13.3 Å². The van der Waals surface area contributed by atoms with Crippen molar-refractivity contribution in [1.29, 1.82) is 0 Å². The monoisotopic (exact) mass is 152 g/mol. The summed E-state index contributed by atoms with van der Waals surface area (Å²) in [6.07, 6.45) is 0.860. The van der Waals surface area contributed by atoms with Crippen LogP contribution in [0.15, 0.2) is 0 Å². The van der Waals surface area contributed by atoms with Gasteiger partial charge in [-0.15, -0.1) is 0 Å². The molecule has 0 aromatic carbocycles. The van der Waals surface area contributed by atoms with Crippen LogP contribution >= 0.6 is 0 Å². The van der Waals surface area contributed by atoms with Crippen LogP contribution in [-0.4, -0.2) is 17.4 Å². The Morgan fingerprint density at radius 1 is 1.33 bits per heavy atom. The Bertz CT molecular complexity index is 84.3. The maximum atomic E-state index is 10.5. The van der Waals surface area contributed by atoms with Crippen LogP contribution in [0.4, 0.5) is 0 Å². The minimum absolute atomic E-state index is 0.427. The largest absolute Gasteiger partial charge is 0.304 e. The Balaban J connectivity index is 3.06. The molecule has 4 heteroatoms. The Hall–Kier alpha value is 0.0700. The van der Waals surface area contributed by atoms with E-state index in [2.05, 4.69) is 8.37 Å². The van der Waals surface area contributed by atoms with Crippen LogP contribution in [0.3, 0.4) is 0 Å². The van der Waals surface area contributed by atoms with E-state index in [1.165, 1.54) is 0 Å². The molecule has 0 aliphatic heterocycles. The third-order valence-electron chi connectivity index (χ3n) is 0.598. The fourth-order valence-electron chi connectivity index (χ4n) is 0.282. The highest BCUT2D eigenvalue weighted by Gasteiger charge is 1.95. The molecule has 56 valence electrons. The molecule has 0 aliphatic rings. The van der Waals surface area contributed by atoms with E-state index >= 15 is 0 Å². The summed E-state index contributed by atoms with van der Waals surface area (Å²) in [5.41, 5.74) is 0. The van der Waals surface area contributed by atoms with Crippen molar-refractivity contribution in [3.05, 3.63) is 0 Å². The van der Waals surface area contributed by atoms with E-state index in [1.807, 2.05) is 6.92 Å². The summed E-state index contributed by atoms with van der Waals surface area (Å²) >= 11 is -1.52. The summed E-state index contributed by atoms with van der Waals surface area (Å²) in [7, 11) is 0. The van der Waals surface area contributed by atoms with Gasteiger partial charge in [-0.3, -0.25) is 8.37 Å². The van der Waals surface area contributed by atoms with Crippen molar-refractivity contribution in [1.82, 2.24) is 0 Å². The molecule has 0 saturated carbocycles. The van der Waals surface area contributed by atoms with E-state index in [-0.39, 0.29) is 0 Å². The molecule has 9 heavy (non-hydrogen) atoms. The van der Waals surface area contributed by atoms with Gasteiger partial charge < -0.3 is 0 Å².